The van der Waals surface area contributed by atoms with Crippen LogP contribution in [0.25, 0.3) is 10.9 Å². The van der Waals surface area contributed by atoms with Gasteiger partial charge in [0.25, 0.3) is 0 Å². The number of halogens is 1. The van der Waals surface area contributed by atoms with Crippen LogP contribution in [-0.4, -0.2) is 10.9 Å². The number of aromatic amines is 1. The fraction of sp³-hybridized carbons (Fsp3) is 0.250. The second-order valence-corrected chi connectivity index (χ2v) is 6.51. The predicted octanol–water partition coefficient (Wildman–Crippen LogP) is 3.70. The first-order valence-corrected chi connectivity index (χ1v) is 8.10. The number of benzene rings is 2. The van der Waals surface area contributed by atoms with Crippen LogP contribution in [0.3, 0.4) is 0 Å². The number of nitrogens with two attached hydrogens (primary N) is 1. The van der Waals surface area contributed by atoms with Crippen molar-refractivity contribution in [1.29, 1.82) is 0 Å². The molecular formula is C20H24ClN3O. The fourth-order valence-corrected chi connectivity index (χ4v) is 2.90. The highest BCUT2D eigenvalue weighted by Gasteiger charge is 2.29. The molecule has 0 saturated carbocycles. The number of aromatic nitrogens is 1. The summed E-state index contributed by atoms with van der Waals surface area (Å²) in [7, 11) is 0. The van der Waals surface area contributed by atoms with Crippen LogP contribution < -0.4 is 11.1 Å². The molecule has 3 rings (SSSR count). The average Bonchev–Trinajstić information content (AvgIpc) is 2.87. The largest absolute Gasteiger partial charge is 0.358 e. The van der Waals surface area contributed by atoms with Crippen molar-refractivity contribution in [2.75, 3.05) is 0 Å². The van der Waals surface area contributed by atoms with Crippen molar-refractivity contribution in [1.82, 2.24) is 10.3 Å². The lowest BCUT2D eigenvalue weighted by molar-refractivity contribution is -0.126. The number of aryl methyl sites for hydroxylation is 2. The van der Waals surface area contributed by atoms with Gasteiger partial charge in [-0.1, -0.05) is 36.4 Å². The first-order valence-electron chi connectivity index (χ1n) is 8.10. The number of H-pyrrole nitrogens is 1. The van der Waals surface area contributed by atoms with Crippen LogP contribution in [-0.2, 0) is 16.9 Å². The normalized spacial score (nSPS) is 13.1. The van der Waals surface area contributed by atoms with Crippen LogP contribution in [0.4, 0.5) is 0 Å². The summed E-state index contributed by atoms with van der Waals surface area (Å²) in [4.78, 5) is 15.9. The summed E-state index contributed by atoms with van der Waals surface area (Å²) in [6.07, 6.45) is 0. The average molecular weight is 358 g/mol. The maximum Gasteiger partial charge on any atom is 0.244 e. The Morgan fingerprint density at radius 2 is 1.84 bits per heavy atom. The zero-order chi connectivity index (χ0) is 17.3. The second-order valence-electron chi connectivity index (χ2n) is 6.51. The molecule has 5 heteroatoms. The Labute approximate surface area is 154 Å². The first kappa shape index (κ1) is 19.0. The molecule has 0 spiro atoms. The smallest absolute Gasteiger partial charge is 0.244 e. The van der Waals surface area contributed by atoms with Gasteiger partial charge in [-0.25, -0.2) is 0 Å². The first-order chi connectivity index (χ1) is 11.4. The van der Waals surface area contributed by atoms with Crippen molar-refractivity contribution in [3.63, 3.8) is 0 Å². The Morgan fingerprint density at radius 3 is 2.52 bits per heavy atom. The molecule has 0 aliphatic rings. The summed E-state index contributed by atoms with van der Waals surface area (Å²) in [5.74, 6) is -0.184. The Morgan fingerprint density at radius 1 is 1.16 bits per heavy atom. The predicted molar refractivity (Wildman–Crippen MR) is 105 cm³/mol. The molecule has 4 nitrogen and oxygen atoms in total. The van der Waals surface area contributed by atoms with E-state index in [0.29, 0.717) is 6.54 Å². The highest BCUT2D eigenvalue weighted by Crippen LogP contribution is 2.23. The van der Waals surface area contributed by atoms with Gasteiger partial charge in [0.1, 0.15) is 5.54 Å². The number of amides is 1. The molecule has 0 saturated heterocycles. The van der Waals surface area contributed by atoms with E-state index in [9.17, 15) is 4.79 Å². The van der Waals surface area contributed by atoms with Gasteiger partial charge in [-0.3, -0.25) is 4.79 Å². The van der Waals surface area contributed by atoms with Gasteiger partial charge in [0.05, 0.1) is 0 Å². The van der Waals surface area contributed by atoms with Gasteiger partial charge in [-0.05, 0) is 49.6 Å². The molecule has 1 aromatic heterocycles. The molecule has 2 aromatic carbocycles. The second kappa shape index (κ2) is 7.30. The lowest BCUT2D eigenvalue weighted by Gasteiger charge is -2.24. The Hall–Kier alpha value is -2.30. The number of nitrogens with one attached hydrogen (secondary N) is 2. The summed E-state index contributed by atoms with van der Waals surface area (Å²) in [5.41, 5.74) is 10.6. The maximum atomic E-state index is 12.5. The number of carbonyl (C=O) groups is 1. The van der Waals surface area contributed by atoms with E-state index < -0.39 is 5.54 Å². The highest BCUT2D eigenvalue weighted by molar-refractivity contribution is 5.87. The number of hydrogen-bond acceptors (Lipinski definition) is 2. The lowest BCUT2D eigenvalue weighted by atomic mass is 9.92. The van der Waals surface area contributed by atoms with E-state index in [2.05, 4.69) is 36.3 Å². The van der Waals surface area contributed by atoms with Gasteiger partial charge in [0.15, 0.2) is 0 Å². The summed E-state index contributed by atoms with van der Waals surface area (Å²) < 4.78 is 0. The number of fused-ring (bicyclic) bond motifs is 1. The summed E-state index contributed by atoms with van der Waals surface area (Å²) >= 11 is 0. The van der Waals surface area contributed by atoms with E-state index in [1.165, 1.54) is 16.6 Å². The Bertz CT molecular complexity index is 885. The van der Waals surface area contributed by atoms with Gasteiger partial charge in [-0.15, -0.1) is 12.4 Å². The van der Waals surface area contributed by atoms with Gasteiger partial charge in [0.2, 0.25) is 5.91 Å². The molecule has 0 radical (unpaired) electrons. The fourth-order valence-electron chi connectivity index (χ4n) is 2.90. The quantitative estimate of drug-likeness (QED) is 0.666. The number of rotatable bonds is 4. The minimum Gasteiger partial charge on any atom is -0.358 e. The zero-order valence-electron chi connectivity index (χ0n) is 14.7. The van der Waals surface area contributed by atoms with E-state index in [-0.39, 0.29) is 18.3 Å². The van der Waals surface area contributed by atoms with Crippen LogP contribution in [0.1, 0.15) is 29.3 Å². The molecule has 0 bridgehead atoms. The van der Waals surface area contributed by atoms with Crippen molar-refractivity contribution < 1.29 is 4.79 Å². The van der Waals surface area contributed by atoms with Gasteiger partial charge in [0, 0.05) is 23.1 Å². The van der Waals surface area contributed by atoms with Gasteiger partial charge >= 0.3 is 0 Å². The highest BCUT2D eigenvalue weighted by atomic mass is 35.5. The van der Waals surface area contributed by atoms with Crippen molar-refractivity contribution in [2.45, 2.75) is 32.9 Å². The Balaban J connectivity index is 0.00000225. The van der Waals surface area contributed by atoms with Crippen LogP contribution in [0.15, 0.2) is 48.5 Å². The van der Waals surface area contributed by atoms with E-state index >= 15 is 0 Å². The molecule has 4 N–H and O–H groups in total. The van der Waals surface area contributed by atoms with Crippen LogP contribution in [0, 0.1) is 13.8 Å². The molecule has 132 valence electrons. The van der Waals surface area contributed by atoms with Crippen molar-refractivity contribution in [3.05, 3.63) is 70.9 Å². The summed E-state index contributed by atoms with van der Waals surface area (Å²) in [6, 6.07) is 15.6. The molecule has 3 aromatic rings. The Kier molecular flexibility index (Phi) is 5.55. The van der Waals surface area contributed by atoms with Crippen LogP contribution in [0.5, 0.6) is 0 Å². The van der Waals surface area contributed by atoms with Gasteiger partial charge in [-0.2, -0.15) is 0 Å². The maximum absolute atomic E-state index is 12.5. The van der Waals surface area contributed by atoms with Crippen molar-refractivity contribution in [2.24, 2.45) is 5.73 Å². The monoisotopic (exact) mass is 357 g/mol. The third-order valence-electron chi connectivity index (χ3n) is 4.67. The molecule has 0 fully saturated rings. The molecule has 0 aliphatic heterocycles. The van der Waals surface area contributed by atoms with Crippen LogP contribution in [0.2, 0.25) is 0 Å². The topological polar surface area (TPSA) is 70.9 Å². The molecular weight excluding hydrogens is 334 g/mol. The summed E-state index contributed by atoms with van der Waals surface area (Å²) in [6.45, 7) is 6.36. The van der Waals surface area contributed by atoms with E-state index in [1.807, 2.05) is 36.4 Å². The van der Waals surface area contributed by atoms with E-state index in [4.69, 9.17) is 5.73 Å². The molecule has 1 unspecified atom stereocenters. The molecule has 1 atom stereocenters. The SMILES string of the molecule is Cc1[nH]c2ccc(CNC(=O)C(C)(N)c3ccccc3)cc2c1C.Cl. The lowest BCUT2D eigenvalue weighted by Crippen LogP contribution is -2.48. The summed E-state index contributed by atoms with van der Waals surface area (Å²) in [5, 5.41) is 4.15. The van der Waals surface area contributed by atoms with E-state index in [0.717, 1.165) is 16.6 Å². The minimum atomic E-state index is -1.05. The standard InChI is InChI=1S/C20H23N3O.ClH/c1-13-14(2)23-18-10-9-15(11-17(13)18)12-22-19(24)20(3,21)16-7-5-4-6-8-16;/h4-11,23H,12,21H2,1-3H3,(H,22,24);1H. The van der Waals surface area contributed by atoms with E-state index in [1.54, 1.807) is 6.92 Å². The minimum absolute atomic E-state index is 0. The molecule has 1 amide bonds. The van der Waals surface area contributed by atoms with Gasteiger partial charge < -0.3 is 16.0 Å². The van der Waals surface area contributed by atoms with Crippen LogP contribution >= 0.6 is 12.4 Å². The third kappa shape index (κ3) is 3.70. The molecule has 0 aliphatic carbocycles. The molecule has 25 heavy (non-hydrogen) atoms. The number of hydrogen-bond donors (Lipinski definition) is 3. The van der Waals surface area contributed by atoms with Crippen molar-refractivity contribution in [3.8, 4) is 0 Å². The zero-order valence-corrected chi connectivity index (χ0v) is 15.5. The van der Waals surface area contributed by atoms with Crippen molar-refractivity contribution >= 4 is 29.2 Å². The molecule has 1 heterocycles. The third-order valence-corrected chi connectivity index (χ3v) is 4.67. The number of carbonyl (C=O) groups excluding carboxylic acids is 1.